The van der Waals surface area contributed by atoms with Crippen molar-refractivity contribution in [1.29, 1.82) is 0 Å². The molecule has 1 radical (unpaired) electrons. The van der Waals surface area contributed by atoms with Gasteiger partial charge in [0.25, 0.3) is 0 Å². The van der Waals surface area contributed by atoms with Crippen LogP contribution in [0.1, 0.15) is 20.8 Å². The average Bonchev–Trinajstić information content (AvgIpc) is 1.80. The molecule has 51 valence electrons. The summed E-state index contributed by atoms with van der Waals surface area (Å²) in [7, 11) is 0. The molecule has 0 amide bonds. The molecule has 1 rings (SSSR count). The van der Waals surface area contributed by atoms with E-state index in [1.54, 1.807) is 0 Å². The predicted molar refractivity (Wildman–Crippen MR) is 40.9 cm³/mol. The molecular formula is C9H15. The first-order chi connectivity index (χ1) is 4.20. The van der Waals surface area contributed by atoms with Gasteiger partial charge >= 0.3 is 0 Å². The molecule has 0 saturated carbocycles. The van der Waals surface area contributed by atoms with Crippen LogP contribution in [0.3, 0.4) is 0 Å². The maximum absolute atomic E-state index is 2.41. The molecule has 3 atom stereocenters. The van der Waals surface area contributed by atoms with E-state index in [1.807, 2.05) is 0 Å². The van der Waals surface area contributed by atoms with Crippen LogP contribution in [0, 0.1) is 24.2 Å². The first-order valence-electron chi connectivity index (χ1n) is 3.73. The lowest BCUT2D eigenvalue weighted by atomic mass is 9.82. The van der Waals surface area contributed by atoms with Crippen LogP contribution in [0.15, 0.2) is 12.2 Å². The monoisotopic (exact) mass is 123 g/mol. The van der Waals surface area contributed by atoms with Gasteiger partial charge in [-0.25, -0.2) is 0 Å². The summed E-state index contributed by atoms with van der Waals surface area (Å²) in [6.07, 6.45) is 7.00. The second-order valence-electron chi connectivity index (χ2n) is 3.15. The Labute approximate surface area is 58.0 Å². The van der Waals surface area contributed by atoms with E-state index in [4.69, 9.17) is 0 Å². The van der Waals surface area contributed by atoms with Crippen LogP contribution in [0.25, 0.3) is 0 Å². The van der Waals surface area contributed by atoms with Gasteiger partial charge in [-0.15, -0.1) is 0 Å². The molecule has 0 fully saturated rings. The zero-order chi connectivity index (χ0) is 6.85. The van der Waals surface area contributed by atoms with E-state index >= 15 is 0 Å². The van der Waals surface area contributed by atoms with Crippen molar-refractivity contribution in [1.82, 2.24) is 0 Å². The fourth-order valence-electron chi connectivity index (χ4n) is 1.24. The molecule has 0 aromatic heterocycles. The van der Waals surface area contributed by atoms with Gasteiger partial charge in [0.2, 0.25) is 0 Å². The van der Waals surface area contributed by atoms with E-state index in [2.05, 4.69) is 39.3 Å². The lowest BCUT2D eigenvalue weighted by Crippen LogP contribution is -2.14. The van der Waals surface area contributed by atoms with Gasteiger partial charge in [-0.3, -0.25) is 0 Å². The van der Waals surface area contributed by atoms with E-state index in [9.17, 15) is 0 Å². The molecular weight excluding hydrogens is 108 g/mol. The van der Waals surface area contributed by atoms with Gasteiger partial charge < -0.3 is 0 Å². The number of allylic oxidation sites excluding steroid dienone is 2. The van der Waals surface area contributed by atoms with Crippen molar-refractivity contribution in [2.75, 3.05) is 0 Å². The highest BCUT2D eigenvalue weighted by Crippen LogP contribution is 2.25. The number of rotatable bonds is 0. The van der Waals surface area contributed by atoms with E-state index in [1.165, 1.54) is 0 Å². The van der Waals surface area contributed by atoms with Crippen LogP contribution < -0.4 is 0 Å². The molecule has 1 aliphatic rings. The van der Waals surface area contributed by atoms with Crippen molar-refractivity contribution in [3.8, 4) is 0 Å². The molecule has 0 aromatic carbocycles. The van der Waals surface area contributed by atoms with Crippen molar-refractivity contribution in [3.63, 3.8) is 0 Å². The zero-order valence-corrected chi connectivity index (χ0v) is 6.46. The first kappa shape index (κ1) is 6.85. The molecule has 0 aliphatic heterocycles. The first-order valence-corrected chi connectivity index (χ1v) is 3.73. The van der Waals surface area contributed by atoms with Gasteiger partial charge in [-0.05, 0) is 24.2 Å². The predicted octanol–water partition coefficient (Wildman–Crippen LogP) is 2.67. The Bertz CT molecular complexity index is 113. The Balaban J connectivity index is 2.54. The van der Waals surface area contributed by atoms with E-state index < -0.39 is 0 Å². The third-order valence-electron chi connectivity index (χ3n) is 2.15. The fourth-order valence-corrected chi connectivity index (χ4v) is 1.24. The summed E-state index contributed by atoms with van der Waals surface area (Å²) in [4.78, 5) is 0. The molecule has 0 nitrogen and oxygen atoms in total. The second-order valence-corrected chi connectivity index (χ2v) is 3.15. The summed E-state index contributed by atoms with van der Waals surface area (Å²) in [5.74, 6) is 2.21. The van der Waals surface area contributed by atoms with Gasteiger partial charge in [-0.1, -0.05) is 32.9 Å². The summed E-state index contributed by atoms with van der Waals surface area (Å²) < 4.78 is 0. The van der Waals surface area contributed by atoms with Crippen molar-refractivity contribution in [2.45, 2.75) is 20.8 Å². The molecule has 0 heterocycles. The maximum Gasteiger partial charge on any atom is -0.0228 e. The summed E-state index contributed by atoms with van der Waals surface area (Å²) in [6.45, 7) is 6.78. The van der Waals surface area contributed by atoms with Gasteiger partial charge in [-0.2, -0.15) is 0 Å². The smallest absolute Gasteiger partial charge is 0.0228 e. The summed E-state index contributed by atoms with van der Waals surface area (Å²) >= 11 is 0. The Morgan fingerprint density at radius 2 is 1.56 bits per heavy atom. The molecule has 0 bridgehead atoms. The number of hydrogen-bond donors (Lipinski definition) is 0. The SMILES string of the molecule is CC1[CH]C(C)C(C)C=C1. The van der Waals surface area contributed by atoms with Crippen LogP contribution in [-0.4, -0.2) is 0 Å². The molecule has 0 heteroatoms. The Morgan fingerprint density at radius 3 is 2.00 bits per heavy atom. The minimum absolute atomic E-state index is 0.691. The minimum Gasteiger partial charge on any atom is -0.0851 e. The largest absolute Gasteiger partial charge is 0.0851 e. The third-order valence-corrected chi connectivity index (χ3v) is 2.15. The minimum atomic E-state index is 0.691. The molecule has 9 heavy (non-hydrogen) atoms. The quantitative estimate of drug-likeness (QED) is 0.434. The van der Waals surface area contributed by atoms with Crippen molar-refractivity contribution in [3.05, 3.63) is 18.6 Å². The van der Waals surface area contributed by atoms with Gasteiger partial charge in [0.05, 0.1) is 0 Å². The van der Waals surface area contributed by atoms with Crippen molar-refractivity contribution >= 4 is 0 Å². The van der Waals surface area contributed by atoms with Gasteiger partial charge in [0.1, 0.15) is 0 Å². The Morgan fingerprint density at radius 1 is 0.889 bits per heavy atom. The number of hydrogen-bond acceptors (Lipinski definition) is 0. The summed E-state index contributed by atoms with van der Waals surface area (Å²) in [5.41, 5.74) is 0. The van der Waals surface area contributed by atoms with Crippen molar-refractivity contribution in [2.24, 2.45) is 17.8 Å². The maximum atomic E-state index is 2.41. The summed E-state index contributed by atoms with van der Waals surface area (Å²) in [6, 6.07) is 0. The molecule has 1 aliphatic carbocycles. The molecule has 3 unspecified atom stereocenters. The highest BCUT2D eigenvalue weighted by molar-refractivity contribution is 5.05. The normalized spacial score (nSPS) is 43.2. The molecule has 0 saturated heterocycles. The third kappa shape index (κ3) is 1.57. The highest BCUT2D eigenvalue weighted by atomic mass is 14.2. The van der Waals surface area contributed by atoms with E-state index in [0.717, 1.165) is 11.8 Å². The zero-order valence-electron chi connectivity index (χ0n) is 6.46. The van der Waals surface area contributed by atoms with E-state index in [-0.39, 0.29) is 0 Å². The van der Waals surface area contributed by atoms with E-state index in [0.29, 0.717) is 5.92 Å². The van der Waals surface area contributed by atoms with Gasteiger partial charge in [0.15, 0.2) is 0 Å². The van der Waals surface area contributed by atoms with Gasteiger partial charge in [0, 0.05) is 0 Å². The topological polar surface area (TPSA) is 0 Å². The highest BCUT2D eigenvalue weighted by Gasteiger charge is 2.16. The Kier molecular flexibility index (Phi) is 1.94. The average molecular weight is 123 g/mol. The molecule has 0 N–H and O–H groups in total. The van der Waals surface area contributed by atoms with Crippen LogP contribution in [0.4, 0.5) is 0 Å². The Hall–Kier alpha value is -0.260. The van der Waals surface area contributed by atoms with Crippen LogP contribution >= 0.6 is 0 Å². The standard InChI is InChI=1S/C9H15/c1-7-4-5-8(2)9(3)6-7/h4-9H,1-3H3. The summed E-state index contributed by atoms with van der Waals surface area (Å²) in [5, 5.41) is 0. The second kappa shape index (κ2) is 2.55. The van der Waals surface area contributed by atoms with Crippen LogP contribution in [0.2, 0.25) is 0 Å². The fraction of sp³-hybridized carbons (Fsp3) is 0.667. The molecule has 0 aromatic rings. The lowest BCUT2D eigenvalue weighted by molar-refractivity contribution is 0.463. The van der Waals surface area contributed by atoms with Crippen molar-refractivity contribution < 1.29 is 0 Å². The lowest BCUT2D eigenvalue weighted by Gasteiger charge is -2.23. The molecule has 0 spiro atoms. The van der Waals surface area contributed by atoms with Crippen LogP contribution in [-0.2, 0) is 0 Å². The van der Waals surface area contributed by atoms with Crippen LogP contribution in [0.5, 0.6) is 0 Å².